The number of likely N-dealkylation sites (tertiary alicyclic amines) is 1. The maximum Gasteiger partial charge on any atom is 0.410 e. The van der Waals surface area contributed by atoms with Crippen LogP contribution in [0.25, 0.3) is 0 Å². The quantitative estimate of drug-likeness (QED) is 0.166. The number of rotatable bonds is 13. The van der Waals surface area contributed by atoms with Crippen molar-refractivity contribution in [2.45, 2.75) is 104 Å². The van der Waals surface area contributed by atoms with Crippen molar-refractivity contribution in [2.75, 3.05) is 54.1 Å². The number of piperidine rings is 1. The Balaban J connectivity index is 0.000000419. The van der Waals surface area contributed by atoms with E-state index in [2.05, 4.69) is 18.9 Å². The Kier molecular flexibility index (Phi) is 18.2. The summed E-state index contributed by atoms with van der Waals surface area (Å²) in [6.07, 6.45) is 6.36. The molecule has 1 heterocycles. The van der Waals surface area contributed by atoms with E-state index in [1.807, 2.05) is 69.9 Å². The lowest BCUT2D eigenvalue weighted by Crippen LogP contribution is -2.54. The first-order valence-corrected chi connectivity index (χ1v) is 17.6. The van der Waals surface area contributed by atoms with E-state index in [4.69, 9.17) is 18.9 Å². The van der Waals surface area contributed by atoms with Crippen LogP contribution in [0.2, 0.25) is 0 Å². The third-order valence-electron chi connectivity index (χ3n) is 8.22. The summed E-state index contributed by atoms with van der Waals surface area (Å²) in [6, 6.07) is 15.7. The topological polar surface area (TPSA) is 97.9 Å². The van der Waals surface area contributed by atoms with Crippen LogP contribution in [0.1, 0.15) is 89.6 Å². The smallest absolute Gasteiger partial charge is 0.410 e. The zero-order valence-corrected chi connectivity index (χ0v) is 31.4. The Bertz CT molecular complexity index is 1260. The minimum absolute atomic E-state index is 0.0331. The summed E-state index contributed by atoms with van der Waals surface area (Å²) in [4.78, 5) is 42.2. The fourth-order valence-electron chi connectivity index (χ4n) is 5.44. The van der Waals surface area contributed by atoms with Gasteiger partial charge in [0.15, 0.2) is 11.5 Å². The molecular weight excluding hydrogens is 622 g/mol. The molecule has 0 radical (unpaired) electrons. The summed E-state index contributed by atoms with van der Waals surface area (Å²) in [5, 5.41) is 0. The van der Waals surface area contributed by atoms with E-state index in [0.29, 0.717) is 49.8 Å². The first-order chi connectivity index (χ1) is 23.3. The van der Waals surface area contributed by atoms with Gasteiger partial charge in [0.05, 0.1) is 19.8 Å². The number of ether oxygens (including phenoxy) is 4. The van der Waals surface area contributed by atoms with Crippen molar-refractivity contribution in [3.63, 3.8) is 0 Å². The van der Waals surface area contributed by atoms with Crippen molar-refractivity contribution < 1.29 is 33.3 Å². The minimum Gasteiger partial charge on any atom is -0.493 e. The highest BCUT2D eigenvalue weighted by Gasteiger charge is 2.34. The number of hydrogen-bond acceptors (Lipinski definition) is 8. The van der Waals surface area contributed by atoms with Gasteiger partial charge >= 0.3 is 6.09 Å². The highest BCUT2D eigenvalue weighted by molar-refractivity contribution is 5.95. The van der Waals surface area contributed by atoms with E-state index in [1.54, 1.807) is 37.3 Å². The van der Waals surface area contributed by atoms with Crippen LogP contribution in [-0.4, -0.2) is 111 Å². The maximum atomic E-state index is 13.6. The normalized spacial score (nSPS) is 15.7. The number of nitrogens with zero attached hydrogens (tertiary/aromatic N) is 3. The van der Waals surface area contributed by atoms with E-state index >= 15 is 0 Å². The van der Waals surface area contributed by atoms with Crippen molar-refractivity contribution in [2.24, 2.45) is 0 Å². The van der Waals surface area contributed by atoms with Gasteiger partial charge in [0.2, 0.25) is 0 Å². The lowest BCUT2D eigenvalue weighted by Gasteiger charge is -2.41. The van der Waals surface area contributed by atoms with E-state index in [-0.39, 0.29) is 24.1 Å². The van der Waals surface area contributed by atoms with Crippen LogP contribution in [0, 0.1) is 0 Å². The predicted octanol–water partition coefficient (Wildman–Crippen LogP) is 6.89. The molecule has 1 saturated carbocycles. The fraction of sp³-hybridized carbons (Fsp3) is 0.615. The second-order valence-electron chi connectivity index (χ2n) is 13.7. The maximum absolute atomic E-state index is 13.6. The van der Waals surface area contributed by atoms with Gasteiger partial charge in [0.25, 0.3) is 5.91 Å². The summed E-state index contributed by atoms with van der Waals surface area (Å²) in [5.41, 5.74) is 1.05. The standard InChI is InChI=1S/C25H40N2O6.C8H8O.C6H13N/c1-18(2)27(20-10-8-13-26(17-20)24(29)33-25(3,4)5)23(28)19-11-12-21(31-7)22(16-19)32-15-9-14-30-6;9-7-6-8-4-2-1-3-5-8;1-3-7(2)6-4-5-6/h11-12,16,18,20H,8-10,13-15,17H2,1-7H3;1-5,7H,6H2;6H,3-5H2,1-2H3/t20-;;/m1../s1. The van der Waals surface area contributed by atoms with Crippen molar-refractivity contribution in [1.29, 1.82) is 0 Å². The zero-order valence-electron chi connectivity index (χ0n) is 31.4. The molecule has 1 aliphatic carbocycles. The predicted molar refractivity (Wildman–Crippen MR) is 195 cm³/mol. The molecule has 49 heavy (non-hydrogen) atoms. The van der Waals surface area contributed by atoms with Crippen LogP contribution in [0.4, 0.5) is 4.79 Å². The summed E-state index contributed by atoms with van der Waals surface area (Å²) in [5.74, 6) is 1.02. The molecule has 274 valence electrons. The number of amides is 2. The summed E-state index contributed by atoms with van der Waals surface area (Å²) in [6.45, 7) is 15.1. The van der Waals surface area contributed by atoms with Gasteiger partial charge in [-0.25, -0.2) is 4.79 Å². The highest BCUT2D eigenvalue weighted by Crippen LogP contribution is 2.30. The molecule has 0 bridgehead atoms. The average molecular weight is 684 g/mol. The van der Waals surface area contributed by atoms with Gasteiger partial charge in [-0.3, -0.25) is 4.79 Å². The van der Waals surface area contributed by atoms with Gasteiger partial charge in [0, 0.05) is 57.3 Å². The molecule has 1 aliphatic heterocycles. The number of aldehydes is 1. The SMILES string of the molecule is CCN(C)C1CC1.COCCCOc1cc(C(=O)N(C(C)C)[C@@H]2CCCN(C(=O)OC(C)(C)C)C2)ccc1OC.O=CCc1ccccc1. The zero-order chi connectivity index (χ0) is 36.4. The Labute approximate surface area is 295 Å². The Morgan fingerprint density at radius 1 is 0.980 bits per heavy atom. The van der Waals surface area contributed by atoms with Gasteiger partial charge in [-0.1, -0.05) is 37.3 Å². The molecular formula is C39H61N3O7. The van der Waals surface area contributed by atoms with Crippen molar-refractivity contribution in [1.82, 2.24) is 14.7 Å². The van der Waals surface area contributed by atoms with Gasteiger partial charge < -0.3 is 38.4 Å². The van der Waals surface area contributed by atoms with Crippen LogP contribution < -0.4 is 9.47 Å². The molecule has 0 aromatic heterocycles. The number of hydrogen-bond donors (Lipinski definition) is 0. The molecule has 4 rings (SSSR count). The van der Waals surface area contributed by atoms with E-state index in [1.165, 1.54) is 19.4 Å². The highest BCUT2D eigenvalue weighted by atomic mass is 16.6. The first kappa shape index (κ1) is 41.5. The van der Waals surface area contributed by atoms with Crippen LogP contribution in [0.3, 0.4) is 0 Å². The minimum atomic E-state index is -0.555. The Hall–Kier alpha value is -3.63. The largest absolute Gasteiger partial charge is 0.493 e. The van der Waals surface area contributed by atoms with Crippen LogP contribution in [0.15, 0.2) is 48.5 Å². The molecule has 2 amide bonds. The number of methoxy groups -OCH3 is 2. The lowest BCUT2D eigenvalue weighted by atomic mass is 10.0. The second-order valence-corrected chi connectivity index (χ2v) is 13.7. The van der Waals surface area contributed by atoms with Crippen molar-refractivity contribution >= 4 is 18.3 Å². The van der Waals surface area contributed by atoms with Crippen molar-refractivity contribution in [3.8, 4) is 11.5 Å². The molecule has 1 atom stereocenters. The number of carbonyl (C=O) groups is 3. The van der Waals surface area contributed by atoms with E-state index in [0.717, 1.165) is 37.2 Å². The molecule has 0 unspecified atom stereocenters. The van der Waals surface area contributed by atoms with E-state index < -0.39 is 5.60 Å². The molecule has 2 aliphatic rings. The van der Waals surface area contributed by atoms with Crippen molar-refractivity contribution in [3.05, 3.63) is 59.7 Å². The monoisotopic (exact) mass is 683 g/mol. The van der Waals surface area contributed by atoms with Gasteiger partial charge in [-0.15, -0.1) is 0 Å². The first-order valence-electron chi connectivity index (χ1n) is 17.6. The summed E-state index contributed by atoms with van der Waals surface area (Å²) < 4.78 is 21.9. The third kappa shape index (κ3) is 15.2. The third-order valence-corrected chi connectivity index (χ3v) is 8.22. The fourth-order valence-corrected chi connectivity index (χ4v) is 5.44. The average Bonchev–Trinajstić information content (AvgIpc) is 3.93. The molecule has 0 spiro atoms. The summed E-state index contributed by atoms with van der Waals surface area (Å²) in [7, 11) is 5.42. The van der Waals surface area contributed by atoms with Crippen LogP contribution >= 0.6 is 0 Å². The Morgan fingerprint density at radius 2 is 1.67 bits per heavy atom. The molecule has 10 heteroatoms. The molecule has 10 nitrogen and oxygen atoms in total. The van der Waals surface area contributed by atoms with Gasteiger partial charge in [-0.05, 0) is 97.7 Å². The van der Waals surface area contributed by atoms with Gasteiger partial charge in [0.1, 0.15) is 11.9 Å². The molecule has 2 aromatic rings. The van der Waals surface area contributed by atoms with Crippen LogP contribution in [0.5, 0.6) is 11.5 Å². The molecule has 1 saturated heterocycles. The Morgan fingerprint density at radius 3 is 2.20 bits per heavy atom. The number of carbonyl (C=O) groups excluding carboxylic acids is 3. The van der Waals surface area contributed by atoms with E-state index in [9.17, 15) is 14.4 Å². The molecule has 2 fully saturated rings. The van der Waals surface area contributed by atoms with Gasteiger partial charge in [-0.2, -0.15) is 0 Å². The number of benzene rings is 2. The molecule has 2 aromatic carbocycles. The lowest BCUT2D eigenvalue weighted by molar-refractivity contribution is -0.107. The second kappa shape index (κ2) is 21.5. The molecule has 0 N–H and O–H groups in total. The van der Waals surface area contributed by atoms with Crippen LogP contribution in [-0.2, 0) is 20.7 Å². The summed E-state index contributed by atoms with van der Waals surface area (Å²) >= 11 is 0.